The van der Waals surface area contributed by atoms with Crippen LogP contribution in [0.5, 0.6) is 0 Å². The van der Waals surface area contributed by atoms with E-state index >= 15 is 0 Å². The molecule has 0 spiro atoms. The van der Waals surface area contributed by atoms with Gasteiger partial charge < -0.3 is 26.4 Å². The second-order valence-electron chi connectivity index (χ2n) is 4.88. The number of carboxylic acid groups (broad SMARTS) is 1. The van der Waals surface area contributed by atoms with Gasteiger partial charge in [0.25, 0.3) is 0 Å². The summed E-state index contributed by atoms with van der Waals surface area (Å²) < 4.78 is 5.22. The van der Waals surface area contributed by atoms with E-state index in [2.05, 4.69) is 4.99 Å². The van der Waals surface area contributed by atoms with Crippen LogP contribution in [0.25, 0.3) is 0 Å². The summed E-state index contributed by atoms with van der Waals surface area (Å²) in [5.74, 6) is -0.601. The summed E-state index contributed by atoms with van der Waals surface area (Å²) in [5.41, 5.74) is 12.3. The molecule has 1 aliphatic rings. The minimum Gasteiger partial charge on any atom is -0.493 e. The van der Waals surface area contributed by atoms with Gasteiger partial charge in [0, 0.05) is 6.61 Å². The van der Waals surface area contributed by atoms with Gasteiger partial charge in [-0.3, -0.25) is 4.99 Å². The minimum atomic E-state index is -0.994. The van der Waals surface area contributed by atoms with Crippen molar-refractivity contribution in [1.82, 2.24) is 0 Å². The zero-order valence-electron chi connectivity index (χ0n) is 11.7. The van der Waals surface area contributed by atoms with Gasteiger partial charge in [-0.1, -0.05) is 0 Å². The van der Waals surface area contributed by atoms with Crippen molar-refractivity contribution < 1.29 is 19.7 Å². The predicted molar refractivity (Wildman–Crippen MR) is 75.2 cm³/mol. The molecule has 20 heavy (non-hydrogen) atoms. The number of carbonyl (C=O) groups is 1. The van der Waals surface area contributed by atoms with Gasteiger partial charge in [-0.2, -0.15) is 0 Å². The molecule has 0 saturated carbocycles. The maximum absolute atomic E-state index is 11.2. The fraction of sp³-hybridized carbons (Fsp3) is 0.692. The van der Waals surface area contributed by atoms with Crippen molar-refractivity contribution in [3.8, 4) is 0 Å². The molecule has 7 nitrogen and oxygen atoms in total. The summed E-state index contributed by atoms with van der Waals surface area (Å²) in [5, 5.41) is 18.5. The first kappa shape index (κ1) is 16.5. The molecule has 0 aromatic heterocycles. The third kappa shape index (κ3) is 4.21. The number of allylic oxidation sites excluding steroid dienone is 2. The number of nitrogens with two attached hydrogens (primary N) is 2. The molecule has 2 unspecified atom stereocenters. The molecule has 0 saturated heterocycles. The van der Waals surface area contributed by atoms with E-state index in [0.29, 0.717) is 49.4 Å². The van der Waals surface area contributed by atoms with Crippen LogP contribution in [0.2, 0.25) is 0 Å². The van der Waals surface area contributed by atoms with Gasteiger partial charge in [-0.15, -0.1) is 0 Å². The smallest absolute Gasteiger partial charge is 0.328 e. The number of carboxylic acids is 1. The van der Waals surface area contributed by atoms with Crippen molar-refractivity contribution in [3.05, 3.63) is 11.5 Å². The minimum absolute atomic E-state index is 0.0166. The van der Waals surface area contributed by atoms with Gasteiger partial charge in [-0.05, 0) is 38.1 Å². The quantitative estimate of drug-likeness (QED) is 0.514. The van der Waals surface area contributed by atoms with Gasteiger partial charge in [-0.25, -0.2) is 4.79 Å². The molecule has 1 rings (SSSR count). The van der Waals surface area contributed by atoms with Crippen LogP contribution in [0.1, 0.15) is 25.7 Å². The Balaban J connectivity index is 3.00. The van der Waals surface area contributed by atoms with Gasteiger partial charge in [0.05, 0.1) is 18.5 Å². The highest BCUT2D eigenvalue weighted by molar-refractivity contribution is 6.01. The highest BCUT2D eigenvalue weighted by atomic mass is 16.5. The van der Waals surface area contributed by atoms with E-state index in [9.17, 15) is 15.0 Å². The van der Waals surface area contributed by atoms with Gasteiger partial charge in [0.1, 0.15) is 6.04 Å². The summed E-state index contributed by atoms with van der Waals surface area (Å²) in [6.45, 7) is 0.403. The molecule has 0 amide bonds. The van der Waals surface area contributed by atoms with Crippen molar-refractivity contribution in [2.45, 2.75) is 31.7 Å². The fourth-order valence-electron chi connectivity index (χ4n) is 2.26. The van der Waals surface area contributed by atoms with Crippen LogP contribution in [0.4, 0.5) is 0 Å². The second-order valence-corrected chi connectivity index (χ2v) is 4.88. The van der Waals surface area contributed by atoms with Gasteiger partial charge >= 0.3 is 5.97 Å². The Morgan fingerprint density at radius 2 is 2.25 bits per heavy atom. The topological polar surface area (TPSA) is 131 Å². The zero-order valence-corrected chi connectivity index (χ0v) is 11.7. The number of rotatable bonds is 7. The molecule has 0 aromatic rings. The first-order valence-corrected chi connectivity index (χ1v) is 6.66. The molecule has 0 aliphatic heterocycles. The number of methoxy groups -OCH3 is 1. The fourth-order valence-corrected chi connectivity index (χ4v) is 2.26. The number of aliphatic hydroxyl groups is 1. The largest absolute Gasteiger partial charge is 0.493 e. The van der Waals surface area contributed by atoms with E-state index in [1.54, 1.807) is 0 Å². The lowest BCUT2D eigenvalue weighted by atomic mass is 9.90. The van der Waals surface area contributed by atoms with Gasteiger partial charge in [0.2, 0.25) is 0 Å². The van der Waals surface area contributed by atoms with Crippen LogP contribution in [0.3, 0.4) is 0 Å². The van der Waals surface area contributed by atoms with Gasteiger partial charge in [0.15, 0.2) is 5.76 Å². The first-order chi connectivity index (χ1) is 9.53. The lowest BCUT2D eigenvalue weighted by Gasteiger charge is -2.25. The second kappa shape index (κ2) is 7.86. The van der Waals surface area contributed by atoms with Crippen LogP contribution >= 0.6 is 0 Å². The third-order valence-electron chi connectivity index (χ3n) is 3.29. The average Bonchev–Trinajstić information content (AvgIpc) is 2.42. The van der Waals surface area contributed by atoms with E-state index in [0.717, 1.165) is 0 Å². The normalized spacial score (nSPS) is 22.9. The number of nitrogens with zero attached hydrogens (tertiary/aromatic N) is 1. The lowest BCUT2D eigenvalue weighted by molar-refractivity contribution is -0.138. The molecule has 0 fully saturated rings. The van der Waals surface area contributed by atoms with E-state index in [4.69, 9.17) is 16.2 Å². The number of hydrogen-bond donors (Lipinski definition) is 4. The molecule has 7 heteroatoms. The molecule has 0 bridgehead atoms. The number of aliphatic carboxylic acids is 1. The van der Waals surface area contributed by atoms with E-state index in [-0.39, 0.29) is 12.5 Å². The van der Waals surface area contributed by atoms with Crippen LogP contribution in [0.15, 0.2) is 16.4 Å². The molecular formula is C13H23N3O4. The number of aliphatic hydroxyl groups excluding tert-OH is 1. The Kier molecular flexibility index (Phi) is 6.47. The van der Waals surface area contributed by atoms with Crippen LogP contribution < -0.4 is 11.5 Å². The van der Waals surface area contributed by atoms with Crippen molar-refractivity contribution in [2.24, 2.45) is 22.4 Å². The van der Waals surface area contributed by atoms with Crippen LogP contribution in [-0.2, 0) is 9.53 Å². The maximum atomic E-state index is 11.2. The van der Waals surface area contributed by atoms with Crippen molar-refractivity contribution >= 4 is 11.7 Å². The monoisotopic (exact) mass is 285 g/mol. The zero-order chi connectivity index (χ0) is 15.1. The third-order valence-corrected chi connectivity index (χ3v) is 3.29. The summed E-state index contributed by atoms with van der Waals surface area (Å²) in [7, 11) is 1.48. The Labute approximate surface area is 118 Å². The Morgan fingerprint density at radius 3 is 2.75 bits per heavy atom. The maximum Gasteiger partial charge on any atom is 0.328 e. The molecule has 0 heterocycles. The predicted octanol–water partition coefficient (Wildman–Crippen LogP) is -0.161. The summed E-state index contributed by atoms with van der Waals surface area (Å²) in [6, 6.07) is -0.857. The van der Waals surface area contributed by atoms with Crippen LogP contribution in [-0.4, -0.2) is 48.2 Å². The number of aliphatic imine (C=N–C) groups is 1. The van der Waals surface area contributed by atoms with Crippen molar-refractivity contribution in [2.75, 3.05) is 20.3 Å². The molecular weight excluding hydrogens is 262 g/mol. The Morgan fingerprint density at radius 1 is 1.55 bits per heavy atom. The standard InChI is InChI=1S/C13H23N3O4/c1-20-12-9(15)5-8(7-17)6-11(12)16-10(13(18)19)3-2-4-14/h8,10,17H,2-7,14-15H2,1H3,(H,18,19)/b16-11+. The highest BCUT2D eigenvalue weighted by Gasteiger charge is 2.27. The molecule has 6 N–H and O–H groups in total. The molecule has 2 atom stereocenters. The van der Waals surface area contributed by atoms with E-state index in [1.165, 1.54) is 7.11 Å². The summed E-state index contributed by atoms with van der Waals surface area (Å²) in [6.07, 6.45) is 1.95. The van der Waals surface area contributed by atoms with E-state index < -0.39 is 12.0 Å². The molecule has 0 radical (unpaired) electrons. The Bertz CT molecular complexity index is 406. The molecule has 1 aliphatic carbocycles. The molecule has 0 aromatic carbocycles. The molecule has 114 valence electrons. The van der Waals surface area contributed by atoms with Crippen molar-refractivity contribution in [3.63, 3.8) is 0 Å². The summed E-state index contributed by atoms with van der Waals surface area (Å²) in [4.78, 5) is 15.5. The summed E-state index contributed by atoms with van der Waals surface area (Å²) >= 11 is 0. The van der Waals surface area contributed by atoms with Crippen LogP contribution in [0, 0.1) is 5.92 Å². The van der Waals surface area contributed by atoms with Crippen molar-refractivity contribution in [1.29, 1.82) is 0 Å². The highest BCUT2D eigenvalue weighted by Crippen LogP contribution is 2.26. The first-order valence-electron chi connectivity index (χ1n) is 6.66. The van der Waals surface area contributed by atoms with E-state index in [1.807, 2.05) is 0 Å². The lowest BCUT2D eigenvalue weighted by Crippen LogP contribution is -2.29. The number of hydrogen-bond acceptors (Lipinski definition) is 6. The number of ether oxygens (including phenoxy) is 1. The SMILES string of the molecule is COC1=C(N)CC(CO)C/C1=N\C(CCCN)C(=O)O. The average molecular weight is 285 g/mol. The Hall–Kier alpha value is -1.60.